The molecule has 1 aliphatic carbocycles. The zero-order chi connectivity index (χ0) is 11.3. The summed E-state index contributed by atoms with van der Waals surface area (Å²) < 4.78 is 0. The van der Waals surface area contributed by atoms with Crippen molar-refractivity contribution in [1.29, 1.82) is 0 Å². The van der Waals surface area contributed by atoms with Gasteiger partial charge in [0.15, 0.2) is 0 Å². The number of rotatable bonds is 7. The lowest BCUT2D eigenvalue weighted by molar-refractivity contribution is 0.0978. The Labute approximate surface area is 99.0 Å². The molecule has 0 bridgehead atoms. The van der Waals surface area contributed by atoms with Crippen LogP contribution in [-0.4, -0.2) is 42.6 Å². The fraction of sp³-hybridized carbons (Fsp3) is 1.00. The van der Waals surface area contributed by atoms with E-state index in [1.165, 1.54) is 31.4 Å². The first kappa shape index (κ1) is 13.3. The first-order chi connectivity index (χ1) is 7.12. The predicted octanol–water partition coefficient (Wildman–Crippen LogP) is 2.19. The third kappa shape index (κ3) is 3.65. The Morgan fingerprint density at radius 1 is 1.47 bits per heavy atom. The Balaban J connectivity index is 2.41. The number of nitrogens with two attached hydrogens (primary N) is 1. The minimum Gasteiger partial charge on any atom is -0.329 e. The molecule has 3 heteroatoms. The fourth-order valence-corrected chi connectivity index (χ4v) is 2.67. The molecule has 0 amide bonds. The van der Waals surface area contributed by atoms with E-state index in [1.54, 1.807) is 0 Å². The van der Waals surface area contributed by atoms with Crippen molar-refractivity contribution in [2.45, 2.75) is 38.1 Å². The van der Waals surface area contributed by atoms with E-state index in [0.717, 1.165) is 19.0 Å². The molecule has 15 heavy (non-hydrogen) atoms. The molecular formula is C12H26N2S. The van der Waals surface area contributed by atoms with Gasteiger partial charge in [0, 0.05) is 24.4 Å². The van der Waals surface area contributed by atoms with E-state index < -0.39 is 0 Å². The summed E-state index contributed by atoms with van der Waals surface area (Å²) >= 11 is 1.91. The average Bonchev–Trinajstić information content (AvgIpc) is 2.19. The van der Waals surface area contributed by atoms with Crippen LogP contribution < -0.4 is 5.73 Å². The van der Waals surface area contributed by atoms with Crippen LogP contribution in [0, 0.1) is 5.92 Å². The highest BCUT2D eigenvalue weighted by Crippen LogP contribution is 2.35. The molecule has 0 aromatic carbocycles. The Morgan fingerprint density at radius 2 is 2.13 bits per heavy atom. The van der Waals surface area contributed by atoms with Gasteiger partial charge in [-0.15, -0.1) is 0 Å². The van der Waals surface area contributed by atoms with Gasteiger partial charge in [-0.25, -0.2) is 0 Å². The summed E-state index contributed by atoms with van der Waals surface area (Å²) in [5, 5.41) is 0. The lowest BCUT2D eigenvalue weighted by atomic mass is 9.76. The van der Waals surface area contributed by atoms with Crippen molar-refractivity contribution in [2.24, 2.45) is 11.7 Å². The fourth-order valence-electron chi connectivity index (χ4n) is 2.21. The zero-order valence-corrected chi connectivity index (χ0v) is 11.3. The van der Waals surface area contributed by atoms with Crippen LogP contribution in [0.2, 0.25) is 0 Å². The van der Waals surface area contributed by atoms with Crippen molar-refractivity contribution in [1.82, 2.24) is 4.90 Å². The van der Waals surface area contributed by atoms with Crippen molar-refractivity contribution in [3.63, 3.8) is 0 Å². The maximum absolute atomic E-state index is 5.96. The van der Waals surface area contributed by atoms with Crippen LogP contribution in [0.3, 0.4) is 0 Å². The third-order valence-electron chi connectivity index (χ3n) is 3.95. The monoisotopic (exact) mass is 230 g/mol. The predicted molar refractivity (Wildman–Crippen MR) is 70.4 cm³/mol. The summed E-state index contributed by atoms with van der Waals surface area (Å²) in [6, 6.07) is 0. The van der Waals surface area contributed by atoms with Gasteiger partial charge in [0.2, 0.25) is 0 Å². The maximum Gasteiger partial charge on any atom is 0.0303 e. The van der Waals surface area contributed by atoms with Gasteiger partial charge in [0.25, 0.3) is 0 Å². The lowest BCUT2D eigenvalue weighted by Gasteiger charge is -2.42. The van der Waals surface area contributed by atoms with Gasteiger partial charge in [-0.2, -0.15) is 11.8 Å². The van der Waals surface area contributed by atoms with E-state index in [9.17, 15) is 0 Å². The highest BCUT2D eigenvalue weighted by atomic mass is 32.2. The summed E-state index contributed by atoms with van der Waals surface area (Å²) in [5.74, 6) is 2.15. The zero-order valence-electron chi connectivity index (χ0n) is 10.5. The molecule has 0 aromatic rings. The van der Waals surface area contributed by atoms with Gasteiger partial charge in [0.05, 0.1) is 0 Å². The highest BCUT2D eigenvalue weighted by Gasteiger charge is 2.32. The molecule has 1 aliphatic rings. The third-order valence-corrected chi connectivity index (χ3v) is 4.54. The molecule has 2 N–H and O–H groups in total. The van der Waals surface area contributed by atoms with Crippen LogP contribution in [-0.2, 0) is 0 Å². The van der Waals surface area contributed by atoms with Gasteiger partial charge in [0.1, 0.15) is 0 Å². The smallest absolute Gasteiger partial charge is 0.0303 e. The maximum atomic E-state index is 5.96. The Kier molecular flexibility index (Phi) is 5.44. The molecule has 1 saturated carbocycles. The van der Waals surface area contributed by atoms with E-state index >= 15 is 0 Å². The van der Waals surface area contributed by atoms with Gasteiger partial charge >= 0.3 is 0 Å². The molecule has 1 unspecified atom stereocenters. The van der Waals surface area contributed by atoms with E-state index in [4.69, 9.17) is 5.73 Å². The Bertz CT molecular complexity index is 182. The van der Waals surface area contributed by atoms with E-state index in [-0.39, 0.29) is 5.54 Å². The van der Waals surface area contributed by atoms with Crippen LogP contribution in [0.25, 0.3) is 0 Å². The minimum absolute atomic E-state index is 0.223. The topological polar surface area (TPSA) is 29.3 Å². The van der Waals surface area contributed by atoms with Crippen LogP contribution in [0.4, 0.5) is 0 Å². The van der Waals surface area contributed by atoms with Crippen molar-refractivity contribution in [3.05, 3.63) is 0 Å². The van der Waals surface area contributed by atoms with Crippen molar-refractivity contribution < 1.29 is 0 Å². The lowest BCUT2D eigenvalue weighted by Crippen LogP contribution is -2.52. The summed E-state index contributed by atoms with van der Waals surface area (Å²) in [6.45, 7) is 4.27. The second-order valence-corrected chi connectivity index (χ2v) is 6.10. The number of hydrogen-bond acceptors (Lipinski definition) is 3. The molecule has 1 atom stereocenters. The normalized spacial score (nSPS) is 21.4. The molecule has 1 rings (SSSR count). The van der Waals surface area contributed by atoms with Crippen LogP contribution in [0.1, 0.15) is 32.6 Å². The summed E-state index contributed by atoms with van der Waals surface area (Å²) in [4.78, 5) is 2.46. The molecule has 0 spiro atoms. The molecule has 0 heterocycles. The second-order valence-electron chi connectivity index (χ2n) is 5.12. The molecule has 1 fully saturated rings. The first-order valence-corrected chi connectivity index (χ1v) is 7.42. The van der Waals surface area contributed by atoms with Crippen LogP contribution in [0.5, 0.6) is 0 Å². The van der Waals surface area contributed by atoms with Gasteiger partial charge in [-0.05, 0) is 32.6 Å². The van der Waals surface area contributed by atoms with Gasteiger partial charge in [-0.3, -0.25) is 4.90 Å². The van der Waals surface area contributed by atoms with Gasteiger partial charge in [-0.1, -0.05) is 19.3 Å². The molecule has 0 aliphatic heterocycles. The number of thioether (sulfide) groups is 1. The largest absolute Gasteiger partial charge is 0.329 e. The molecule has 0 aromatic heterocycles. The summed E-state index contributed by atoms with van der Waals surface area (Å²) in [7, 11) is 2.22. The quantitative estimate of drug-likeness (QED) is 0.727. The molecule has 90 valence electrons. The summed E-state index contributed by atoms with van der Waals surface area (Å²) in [5.41, 5.74) is 6.18. The Morgan fingerprint density at radius 3 is 2.53 bits per heavy atom. The average molecular weight is 230 g/mol. The number of nitrogens with zero attached hydrogens (tertiary/aromatic N) is 1. The van der Waals surface area contributed by atoms with E-state index in [0.29, 0.717) is 0 Å². The van der Waals surface area contributed by atoms with Crippen LogP contribution in [0.15, 0.2) is 0 Å². The van der Waals surface area contributed by atoms with E-state index in [2.05, 4.69) is 25.1 Å². The van der Waals surface area contributed by atoms with Crippen molar-refractivity contribution >= 4 is 11.8 Å². The van der Waals surface area contributed by atoms with Crippen molar-refractivity contribution in [2.75, 3.05) is 32.1 Å². The summed E-state index contributed by atoms with van der Waals surface area (Å²) in [6.07, 6.45) is 7.73. The Hall–Kier alpha value is 0.270. The number of likely N-dealkylation sites (N-methyl/N-ethyl adjacent to an activating group) is 1. The SMILES string of the molecule is CSCCN(C)C(C)(CN)CC1CCC1. The minimum atomic E-state index is 0.223. The second kappa shape index (κ2) is 6.12. The van der Waals surface area contributed by atoms with Gasteiger partial charge < -0.3 is 5.73 Å². The van der Waals surface area contributed by atoms with E-state index in [1.807, 2.05) is 11.8 Å². The molecule has 0 radical (unpaired) electrons. The molecular weight excluding hydrogens is 204 g/mol. The van der Waals surface area contributed by atoms with Crippen molar-refractivity contribution in [3.8, 4) is 0 Å². The number of hydrogen-bond donors (Lipinski definition) is 1. The molecule has 2 nitrogen and oxygen atoms in total. The van der Waals surface area contributed by atoms with Crippen LogP contribution >= 0.6 is 11.8 Å². The molecule has 0 saturated heterocycles. The first-order valence-electron chi connectivity index (χ1n) is 6.02. The highest BCUT2D eigenvalue weighted by molar-refractivity contribution is 7.98. The standard InChI is InChI=1S/C12H26N2S/c1-12(10-13,9-11-5-4-6-11)14(2)7-8-15-3/h11H,4-10,13H2,1-3H3.